The third-order valence-electron chi connectivity index (χ3n) is 2.18. The first-order valence-electron chi connectivity index (χ1n) is 5.59. The number of hydrogen-bond acceptors (Lipinski definition) is 5. The highest BCUT2D eigenvalue weighted by atomic mass is 16.1. The van der Waals surface area contributed by atoms with Crippen molar-refractivity contribution in [3.8, 4) is 0 Å². The van der Waals surface area contributed by atoms with Crippen LogP contribution in [0.15, 0.2) is 12.4 Å². The number of aromatic nitrogens is 2. The minimum absolute atomic E-state index is 0.0230. The van der Waals surface area contributed by atoms with Crippen molar-refractivity contribution in [2.24, 2.45) is 0 Å². The fraction of sp³-hybridized carbons (Fsp3) is 0.545. The second-order valence-electron chi connectivity index (χ2n) is 3.77. The molecule has 17 heavy (non-hydrogen) atoms. The van der Waals surface area contributed by atoms with Crippen molar-refractivity contribution < 1.29 is 4.79 Å². The molecule has 2 N–H and O–H groups in total. The normalized spacial score (nSPS) is 10.4. The van der Waals surface area contributed by atoms with Crippen molar-refractivity contribution >= 4 is 11.7 Å². The lowest BCUT2D eigenvalue weighted by atomic mass is 10.4. The average molecular weight is 237 g/mol. The topological polar surface area (TPSA) is 70.2 Å². The number of nitrogens with one attached hydrogen (secondary N) is 2. The van der Waals surface area contributed by atoms with Crippen molar-refractivity contribution in [1.82, 2.24) is 20.2 Å². The Hall–Kier alpha value is -1.69. The molecule has 0 fully saturated rings. The van der Waals surface area contributed by atoms with Gasteiger partial charge in [-0.15, -0.1) is 0 Å². The smallest absolute Gasteiger partial charge is 0.234 e. The Bertz CT molecular complexity index is 351. The molecule has 0 unspecified atom stereocenters. The van der Waals surface area contributed by atoms with Gasteiger partial charge >= 0.3 is 0 Å². The van der Waals surface area contributed by atoms with Crippen molar-refractivity contribution in [2.45, 2.75) is 13.5 Å². The first-order chi connectivity index (χ1) is 8.15. The molecule has 0 saturated carbocycles. The summed E-state index contributed by atoms with van der Waals surface area (Å²) in [5, 5.41) is 5.66. The van der Waals surface area contributed by atoms with Gasteiger partial charge in [-0.25, -0.2) is 4.98 Å². The van der Waals surface area contributed by atoms with Crippen LogP contribution in [0.2, 0.25) is 0 Å². The molecule has 1 aromatic rings. The lowest BCUT2D eigenvalue weighted by molar-refractivity contribution is -0.121. The number of hydrogen-bond donors (Lipinski definition) is 2. The van der Waals surface area contributed by atoms with E-state index in [9.17, 15) is 4.79 Å². The van der Waals surface area contributed by atoms with E-state index in [0.717, 1.165) is 11.5 Å². The van der Waals surface area contributed by atoms with E-state index in [2.05, 4.69) is 20.6 Å². The summed E-state index contributed by atoms with van der Waals surface area (Å²) in [6.45, 7) is 3.53. The van der Waals surface area contributed by atoms with Crippen molar-refractivity contribution in [2.75, 3.05) is 32.5 Å². The molecular weight excluding hydrogens is 218 g/mol. The van der Waals surface area contributed by atoms with Crippen LogP contribution in [0.25, 0.3) is 0 Å². The largest absolute Gasteiger partial charge is 0.372 e. The predicted molar refractivity (Wildman–Crippen MR) is 66.6 cm³/mol. The van der Waals surface area contributed by atoms with Crippen molar-refractivity contribution in [3.63, 3.8) is 0 Å². The number of carbonyl (C=O) groups is 1. The van der Waals surface area contributed by atoms with Crippen LogP contribution in [0.4, 0.5) is 5.82 Å². The summed E-state index contributed by atoms with van der Waals surface area (Å²) in [6, 6.07) is 0. The fourth-order valence-corrected chi connectivity index (χ4v) is 1.40. The summed E-state index contributed by atoms with van der Waals surface area (Å²) >= 11 is 0. The van der Waals surface area contributed by atoms with Gasteiger partial charge in [0.1, 0.15) is 5.82 Å². The highest BCUT2D eigenvalue weighted by Gasteiger charge is 2.06. The Morgan fingerprint density at radius 2 is 2.18 bits per heavy atom. The third kappa shape index (κ3) is 4.78. The van der Waals surface area contributed by atoms with E-state index < -0.39 is 0 Å². The maximum absolute atomic E-state index is 11.3. The summed E-state index contributed by atoms with van der Waals surface area (Å²) in [7, 11) is 3.67. The Kier molecular flexibility index (Phi) is 5.35. The molecular formula is C11H19N5O. The minimum Gasteiger partial charge on any atom is -0.372 e. The van der Waals surface area contributed by atoms with Gasteiger partial charge in [0.25, 0.3) is 0 Å². The molecule has 0 saturated heterocycles. The molecule has 0 aliphatic heterocycles. The van der Waals surface area contributed by atoms with Gasteiger partial charge in [-0.1, -0.05) is 0 Å². The average Bonchev–Trinajstić information content (AvgIpc) is 2.30. The lowest BCUT2D eigenvalue weighted by Gasteiger charge is -2.15. The number of carbonyl (C=O) groups excluding carboxylic acids is 1. The molecule has 0 bridgehead atoms. The van der Waals surface area contributed by atoms with E-state index in [-0.39, 0.29) is 5.91 Å². The van der Waals surface area contributed by atoms with Crippen LogP contribution < -0.4 is 10.6 Å². The Labute approximate surface area is 101 Å². The molecule has 0 aliphatic rings. The van der Waals surface area contributed by atoms with E-state index in [1.54, 1.807) is 19.4 Å². The van der Waals surface area contributed by atoms with E-state index in [4.69, 9.17) is 0 Å². The van der Waals surface area contributed by atoms with Gasteiger partial charge in [0.15, 0.2) is 0 Å². The van der Waals surface area contributed by atoms with Crippen LogP contribution in [-0.4, -0.2) is 48.0 Å². The quantitative estimate of drug-likeness (QED) is 0.733. The Morgan fingerprint density at radius 1 is 1.41 bits per heavy atom. The second kappa shape index (κ2) is 6.80. The molecule has 0 aliphatic carbocycles. The highest BCUT2D eigenvalue weighted by Crippen LogP contribution is 2.01. The standard InChI is InChI=1S/C11H19N5O/c1-4-13-11(17)8-16(3)7-9-5-15-10(12-2)6-14-9/h5-6H,4,7-8H2,1-3H3,(H,12,15)(H,13,17). The molecule has 1 amide bonds. The molecule has 0 aromatic carbocycles. The number of amides is 1. The first kappa shape index (κ1) is 13.4. The fourth-order valence-electron chi connectivity index (χ4n) is 1.40. The lowest BCUT2D eigenvalue weighted by Crippen LogP contribution is -2.34. The molecule has 6 nitrogen and oxygen atoms in total. The highest BCUT2D eigenvalue weighted by molar-refractivity contribution is 5.77. The van der Waals surface area contributed by atoms with Gasteiger partial charge in [-0.2, -0.15) is 0 Å². The maximum Gasteiger partial charge on any atom is 0.234 e. The molecule has 94 valence electrons. The van der Waals surface area contributed by atoms with Crippen LogP contribution in [0.5, 0.6) is 0 Å². The van der Waals surface area contributed by atoms with E-state index >= 15 is 0 Å². The van der Waals surface area contributed by atoms with Crippen LogP contribution in [0.3, 0.4) is 0 Å². The molecule has 0 spiro atoms. The van der Waals surface area contributed by atoms with E-state index in [1.165, 1.54) is 0 Å². The molecule has 0 atom stereocenters. The summed E-state index contributed by atoms with van der Waals surface area (Å²) < 4.78 is 0. The zero-order chi connectivity index (χ0) is 12.7. The number of rotatable bonds is 6. The minimum atomic E-state index is 0.0230. The second-order valence-corrected chi connectivity index (χ2v) is 3.77. The SMILES string of the molecule is CCNC(=O)CN(C)Cc1cnc(NC)cn1. The summed E-state index contributed by atoms with van der Waals surface area (Å²) in [5.41, 5.74) is 0.843. The van der Waals surface area contributed by atoms with Gasteiger partial charge in [-0.05, 0) is 14.0 Å². The van der Waals surface area contributed by atoms with E-state index in [1.807, 2.05) is 18.9 Å². The molecule has 6 heteroatoms. The Morgan fingerprint density at radius 3 is 2.71 bits per heavy atom. The molecule has 1 heterocycles. The molecule has 0 radical (unpaired) electrons. The van der Waals surface area contributed by atoms with Gasteiger partial charge in [0.05, 0.1) is 24.6 Å². The summed E-state index contributed by atoms with van der Waals surface area (Å²) in [5.74, 6) is 0.759. The van der Waals surface area contributed by atoms with Gasteiger partial charge < -0.3 is 10.6 Å². The van der Waals surface area contributed by atoms with Crippen LogP contribution in [0, 0.1) is 0 Å². The number of anilines is 1. The summed E-state index contributed by atoms with van der Waals surface area (Å²) in [4.78, 5) is 21.7. The van der Waals surface area contributed by atoms with Crippen LogP contribution in [-0.2, 0) is 11.3 Å². The predicted octanol–water partition coefficient (Wildman–Crippen LogP) is 0.0862. The van der Waals surface area contributed by atoms with Gasteiger partial charge in [-0.3, -0.25) is 14.7 Å². The monoisotopic (exact) mass is 237 g/mol. The summed E-state index contributed by atoms with van der Waals surface area (Å²) in [6.07, 6.45) is 3.38. The van der Waals surface area contributed by atoms with E-state index in [0.29, 0.717) is 19.6 Å². The van der Waals surface area contributed by atoms with Gasteiger partial charge in [0, 0.05) is 20.1 Å². The van der Waals surface area contributed by atoms with Crippen LogP contribution in [0.1, 0.15) is 12.6 Å². The molecule has 1 aromatic heterocycles. The third-order valence-corrected chi connectivity index (χ3v) is 2.18. The Balaban J connectivity index is 2.44. The maximum atomic E-state index is 11.3. The number of likely N-dealkylation sites (N-methyl/N-ethyl adjacent to an activating group) is 2. The van der Waals surface area contributed by atoms with Crippen molar-refractivity contribution in [1.29, 1.82) is 0 Å². The molecule has 1 rings (SSSR count). The zero-order valence-corrected chi connectivity index (χ0v) is 10.5. The zero-order valence-electron chi connectivity index (χ0n) is 10.5. The van der Waals surface area contributed by atoms with Gasteiger partial charge in [0.2, 0.25) is 5.91 Å². The van der Waals surface area contributed by atoms with Crippen LogP contribution >= 0.6 is 0 Å². The first-order valence-corrected chi connectivity index (χ1v) is 5.59. The van der Waals surface area contributed by atoms with Crippen molar-refractivity contribution in [3.05, 3.63) is 18.1 Å². The number of nitrogens with zero attached hydrogens (tertiary/aromatic N) is 3.